The van der Waals surface area contributed by atoms with Gasteiger partial charge in [0.15, 0.2) is 0 Å². The molecule has 1 heterocycles. The van der Waals surface area contributed by atoms with E-state index in [0.29, 0.717) is 32.7 Å². The summed E-state index contributed by atoms with van der Waals surface area (Å²) in [4.78, 5) is 14.3. The second kappa shape index (κ2) is 8.31. The van der Waals surface area contributed by atoms with E-state index in [4.69, 9.17) is 4.74 Å². The molecule has 1 fully saturated rings. The fraction of sp³-hybridized carbons (Fsp3) is 0.611. The molecule has 128 valence electrons. The van der Waals surface area contributed by atoms with Gasteiger partial charge in [0.2, 0.25) is 0 Å². The van der Waals surface area contributed by atoms with Crippen molar-refractivity contribution in [3.63, 3.8) is 0 Å². The van der Waals surface area contributed by atoms with Crippen LogP contribution >= 0.6 is 0 Å². The number of urea groups is 1. The molecule has 1 aromatic rings. The van der Waals surface area contributed by atoms with E-state index in [-0.39, 0.29) is 18.0 Å². The molecule has 0 radical (unpaired) electrons. The van der Waals surface area contributed by atoms with Crippen molar-refractivity contribution in [2.75, 3.05) is 26.3 Å². The fourth-order valence-corrected chi connectivity index (χ4v) is 2.95. The van der Waals surface area contributed by atoms with Gasteiger partial charge in [0, 0.05) is 13.1 Å². The molecule has 1 aromatic carbocycles. The first-order valence-corrected chi connectivity index (χ1v) is 8.34. The number of aryl methyl sites for hydroxylation is 1. The van der Waals surface area contributed by atoms with Gasteiger partial charge >= 0.3 is 6.03 Å². The quantitative estimate of drug-likeness (QED) is 0.875. The van der Waals surface area contributed by atoms with Crippen molar-refractivity contribution in [2.45, 2.75) is 45.3 Å². The van der Waals surface area contributed by atoms with Gasteiger partial charge in [-0.2, -0.15) is 0 Å². The molecular weight excluding hydrogens is 292 g/mol. The molecule has 2 N–H and O–H groups in total. The molecule has 1 aliphatic rings. The molecule has 5 nitrogen and oxygen atoms in total. The summed E-state index contributed by atoms with van der Waals surface area (Å²) < 4.78 is 5.44. The second-order valence-corrected chi connectivity index (χ2v) is 6.51. The van der Waals surface area contributed by atoms with E-state index < -0.39 is 6.10 Å². The van der Waals surface area contributed by atoms with Crippen molar-refractivity contribution >= 4 is 6.03 Å². The number of ether oxygens (including phenoxy) is 1. The first kappa shape index (κ1) is 17.8. The number of nitrogens with one attached hydrogen (secondary N) is 1. The monoisotopic (exact) mass is 320 g/mol. The lowest BCUT2D eigenvalue weighted by Crippen LogP contribution is -2.53. The third-order valence-corrected chi connectivity index (χ3v) is 4.27. The molecule has 5 heteroatoms. The summed E-state index contributed by atoms with van der Waals surface area (Å²) in [7, 11) is 0. The third kappa shape index (κ3) is 5.22. The van der Waals surface area contributed by atoms with Gasteiger partial charge in [-0.15, -0.1) is 0 Å². The van der Waals surface area contributed by atoms with Crippen LogP contribution < -0.4 is 5.32 Å². The number of amides is 2. The highest BCUT2D eigenvalue weighted by molar-refractivity contribution is 5.74. The SMILES string of the molecule is Cc1cccc([C@H](C)CNC(=O)N2CCOC[C@H]2C[C@@H](C)O)c1. The maximum Gasteiger partial charge on any atom is 0.317 e. The predicted molar refractivity (Wildman–Crippen MR) is 90.6 cm³/mol. The van der Waals surface area contributed by atoms with Gasteiger partial charge in [-0.25, -0.2) is 4.79 Å². The largest absolute Gasteiger partial charge is 0.393 e. The van der Waals surface area contributed by atoms with Crippen molar-refractivity contribution in [3.8, 4) is 0 Å². The molecule has 0 saturated carbocycles. The van der Waals surface area contributed by atoms with Gasteiger partial charge < -0.3 is 20.1 Å². The zero-order chi connectivity index (χ0) is 16.8. The first-order valence-electron chi connectivity index (χ1n) is 8.34. The van der Waals surface area contributed by atoms with Crippen LogP contribution in [0.1, 0.15) is 37.3 Å². The van der Waals surface area contributed by atoms with Gasteiger partial charge in [-0.05, 0) is 31.7 Å². The third-order valence-electron chi connectivity index (χ3n) is 4.27. The van der Waals surface area contributed by atoms with Crippen LogP contribution in [0.5, 0.6) is 0 Å². The zero-order valence-corrected chi connectivity index (χ0v) is 14.3. The minimum absolute atomic E-state index is 0.0574. The molecule has 0 spiro atoms. The lowest BCUT2D eigenvalue weighted by molar-refractivity contribution is -0.00432. The number of carbonyl (C=O) groups is 1. The number of nitrogens with zero attached hydrogens (tertiary/aromatic N) is 1. The molecule has 0 unspecified atom stereocenters. The highest BCUT2D eigenvalue weighted by Crippen LogP contribution is 2.17. The van der Waals surface area contributed by atoms with Crippen LogP contribution in [0.4, 0.5) is 4.79 Å². The Balaban J connectivity index is 1.89. The number of aliphatic hydroxyl groups excluding tert-OH is 1. The topological polar surface area (TPSA) is 61.8 Å². The Kier molecular flexibility index (Phi) is 6.42. The summed E-state index contributed by atoms with van der Waals surface area (Å²) in [5.74, 6) is 0.259. The molecular formula is C18H28N2O3. The molecule has 23 heavy (non-hydrogen) atoms. The normalized spacial score (nSPS) is 20.9. The smallest absolute Gasteiger partial charge is 0.317 e. The molecule has 2 rings (SSSR count). The van der Waals surface area contributed by atoms with Gasteiger partial charge in [0.05, 0.1) is 25.4 Å². The van der Waals surface area contributed by atoms with Crippen LogP contribution in [0.15, 0.2) is 24.3 Å². The number of hydrogen-bond donors (Lipinski definition) is 2. The molecule has 0 bridgehead atoms. The summed E-state index contributed by atoms with van der Waals surface area (Å²) in [6.45, 7) is 8.14. The molecule has 3 atom stereocenters. The van der Waals surface area contributed by atoms with E-state index in [1.54, 1.807) is 11.8 Å². The van der Waals surface area contributed by atoms with Gasteiger partial charge in [-0.3, -0.25) is 0 Å². The van der Waals surface area contributed by atoms with Crippen LogP contribution in [0, 0.1) is 6.92 Å². The number of morpholine rings is 1. The fourth-order valence-electron chi connectivity index (χ4n) is 2.95. The Labute approximate surface area is 138 Å². The molecule has 0 aliphatic carbocycles. The van der Waals surface area contributed by atoms with Crippen molar-refractivity contribution in [1.29, 1.82) is 0 Å². The van der Waals surface area contributed by atoms with E-state index >= 15 is 0 Å². The summed E-state index contributed by atoms with van der Waals surface area (Å²) >= 11 is 0. The number of hydrogen-bond acceptors (Lipinski definition) is 3. The maximum atomic E-state index is 12.5. The minimum Gasteiger partial charge on any atom is -0.393 e. The van der Waals surface area contributed by atoms with E-state index in [2.05, 4.69) is 37.4 Å². The van der Waals surface area contributed by atoms with Crippen LogP contribution in [0.25, 0.3) is 0 Å². The molecule has 0 aromatic heterocycles. The summed E-state index contributed by atoms with van der Waals surface area (Å²) in [6, 6.07) is 8.24. The van der Waals surface area contributed by atoms with E-state index in [1.807, 2.05) is 6.07 Å². The van der Waals surface area contributed by atoms with Crippen LogP contribution in [0.3, 0.4) is 0 Å². The average molecular weight is 320 g/mol. The van der Waals surface area contributed by atoms with E-state index in [1.165, 1.54) is 11.1 Å². The Hall–Kier alpha value is -1.59. The highest BCUT2D eigenvalue weighted by atomic mass is 16.5. The van der Waals surface area contributed by atoms with Crippen LogP contribution in [-0.4, -0.2) is 54.5 Å². The number of benzene rings is 1. The number of carbonyl (C=O) groups excluding carboxylic acids is 1. The molecule has 2 amide bonds. The van der Waals surface area contributed by atoms with Crippen LogP contribution in [-0.2, 0) is 4.74 Å². The molecule has 1 aliphatic heterocycles. The average Bonchev–Trinajstić information content (AvgIpc) is 2.52. The van der Waals surface area contributed by atoms with Gasteiger partial charge in [0.1, 0.15) is 0 Å². The standard InChI is InChI=1S/C18H28N2O3/c1-13-5-4-6-16(9-13)14(2)11-19-18(22)20-7-8-23-12-17(20)10-15(3)21/h4-6,9,14-15,17,21H,7-8,10-12H2,1-3H3,(H,19,22)/t14-,15-,17-/m1/s1. The molecule has 1 saturated heterocycles. The van der Waals surface area contributed by atoms with Crippen molar-refractivity contribution in [1.82, 2.24) is 10.2 Å². The summed E-state index contributed by atoms with van der Waals surface area (Å²) in [5.41, 5.74) is 2.46. The van der Waals surface area contributed by atoms with Crippen molar-refractivity contribution < 1.29 is 14.6 Å². The Morgan fingerprint density at radius 1 is 1.48 bits per heavy atom. The Bertz CT molecular complexity index is 519. The Morgan fingerprint density at radius 3 is 2.96 bits per heavy atom. The van der Waals surface area contributed by atoms with Crippen molar-refractivity contribution in [3.05, 3.63) is 35.4 Å². The Morgan fingerprint density at radius 2 is 2.26 bits per heavy atom. The first-order chi connectivity index (χ1) is 11.0. The second-order valence-electron chi connectivity index (χ2n) is 6.51. The zero-order valence-electron chi connectivity index (χ0n) is 14.3. The maximum absolute atomic E-state index is 12.5. The number of aliphatic hydroxyl groups is 1. The van der Waals surface area contributed by atoms with E-state index in [0.717, 1.165) is 0 Å². The van der Waals surface area contributed by atoms with Gasteiger partial charge in [0.25, 0.3) is 0 Å². The van der Waals surface area contributed by atoms with Crippen molar-refractivity contribution in [2.24, 2.45) is 0 Å². The lowest BCUT2D eigenvalue weighted by Gasteiger charge is -2.36. The van der Waals surface area contributed by atoms with Crippen LogP contribution in [0.2, 0.25) is 0 Å². The lowest BCUT2D eigenvalue weighted by atomic mass is 9.99. The summed E-state index contributed by atoms with van der Waals surface area (Å²) in [6.07, 6.45) is 0.101. The number of rotatable bonds is 5. The predicted octanol–water partition coefficient (Wildman–Crippen LogP) is 2.28. The van der Waals surface area contributed by atoms with Gasteiger partial charge in [-0.1, -0.05) is 36.8 Å². The highest BCUT2D eigenvalue weighted by Gasteiger charge is 2.28. The summed E-state index contributed by atoms with van der Waals surface area (Å²) in [5, 5.41) is 12.6. The minimum atomic E-state index is -0.441. The van der Waals surface area contributed by atoms with E-state index in [9.17, 15) is 9.90 Å².